The second-order valence-corrected chi connectivity index (χ2v) is 6.79. The molecule has 0 atom stereocenters. The van der Waals surface area contributed by atoms with Crippen molar-refractivity contribution in [2.45, 2.75) is 0 Å². The number of hydrogen-bond acceptors (Lipinski definition) is 5. The molecular formula is C21H17BrN4O2. The highest BCUT2D eigenvalue weighted by molar-refractivity contribution is 9.10. The van der Waals surface area contributed by atoms with Gasteiger partial charge in [-0.3, -0.25) is 9.78 Å². The highest BCUT2D eigenvalue weighted by Crippen LogP contribution is 2.31. The van der Waals surface area contributed by atoms with E-state index in [0.717, 1.165) is 15.5 Å². The molecule has 2 aromatic carbocycles. The van der Waals surface area contributed by atoms with Crippen molar-refractivity contribution in [1.29, 1.82) is 5.26 Å². The normalized spacial score (nSPS) is 10.8. The molecule has 0 aliphatic heterocycles. The fourth-order valence-electron chi connectivity index (χ4n) is 2.64. The third-order valence-corrected chi connectivity index (χ3v) is 4.38. The number of carbonyl (C=O) groups is 1. The molecular weight excluding hydrogens is 420 g/mol. The van der Waals surface area contributed by atoms with Crippen molar-refractivity contribution < 1.29 is 9.53 Å². The Morgan fingerprint density at radius 3 is 2.89 bits per heavy atom. The highest BCUT2D eigenvalue weighted by atomic mass is 79.9. The number of fused-ring (bicyclic) bond motifs is 1. The SMILES string of the molecule is COCC=CC(=O)Nc1ccc2ncc(C#N)c(Nc3cccc(Br)c3)c2c1. The molecule has 1 aromatic heterocycles. The van der Waals surface area contributed by atoms with Gasteiger partial charge >= 0.3 is 0 Å². The van der Waals surface area contributed by atoms with E-state index in [2.05, 4.69) is 37.6 Å². The quantitative estimate of drug-likeness (QED) is 0.544. The van der Waals surface area contributed by atoms with Gasteiger partial charge < -0.3 is 15.4 Å². The molecule has 0 saturated carbocycles. The van der Waals surface area contributed by atoms with Gasteiger partial charge in [0.15, 0.2) is 0 Å². The number of methoxy groups -OCH3 is 1. The van der Waals surface area contributed by atoms with Crippen molar-refractivity contribution in [3.05, 3.63) is 70.8 Å². The molecule has 0 unspecified atom stereocenters. The Bertz CT molecular complexity index is 1090. The van der Waals surface area contributed by atoms with Gasteiger partial charge in [-0.05, 0) is 36.4 Å². The van der Waals surface area contributed by atoms with Crippen molar-refractivity contribution >= 4 is 49.8 Å². The van der Waals surface area contributed by atoms with Crippen LogP contribution in [-0.2, 0) is 9.53 Å². The molecule has 3 rings (SSSR count). The number of amides is 1. The third-order valence-electron chi connectivity index (χ3n) is 3.88. The number of hydrogen-bond donors (Lipinski definition) is 2. The van der Waals surface area contributed by atoms with Crippen molar-refractivity contribution in [1.82, 2.24) is 4.98 Å². The monoisotopic (exact) mass is 436 g/mol. The van der Waals surface area contributed by atoms with Crippen molar-refractivity contribution in [3.8, 4) is 6.07 Å². The zero-order valence-electron chi connectivity index (χ0n) is 15.1. The maximum absolute atomic E-state index is 12.0. The van der Waals surface area contributed by atoms with E-state index >= 15 is 0 Å². The lowest BCUT2D eigenvalue weighted by Gasteiger charge is -2.13. The van der Waals surface area contributed by atoms with Gasteiger partial charge in [0, 0.05) is 40.6 Å². The molecule has 0 radical (unpaired) electrons. The smallest absolute Gasteiger partial charge is 0.248 e. The van der Waals surface area contributed by atoms with Gasteiger partial charge in [0.25, 0.3) is 0 Å². The Balaban J connectivity index is 1.98. The van der Waals surface area contributed by atoms with Crippen molar-refractivity contribution in [2.75, 3.05) is 24.4 Å². The molecule has 28 heavy (non-hydrogen) atoms. The Kier molecular flexibility index (Phi) is 6.37. The number of benzene rings is 2. The van der Waals surface area contributed by atoms with E-state index in [1.165, 1.54) is 12.3 Å². The van der Waals surface area contributed by atoms with Crippen LogP contribution in [0.15, 0.2) is 65.3 Å². The molecule has 0 fully saturated rings. The number of aromatic nitrogens is 1. The zero-order chi connectivity index (χ0) is 19.9. The van der Waals surface area contributed by atoms with E-state index in [9.17, 15) is 10.1 Å². The minimum Gasteiger partial charge on any atom is -0.381 e. The summed E-state index contributed by atoms with van der Waals surface area (Å²) in [6.45, 7) is 0.362. The predicted octanol–water partition coefficient (Wildman–Crippen LogP) is 4.75. The number of anilines is 3. The maximum atomic E-state index is 12.0. The summed E-state index contributed by atoms with van der Waals surface area (Å²) >= 11 is 3.45. The van der Waals surface area contributed by atoms with Gasteiger partial charge in [-0.2, -0.15) is 5.26 Å². The summed E-state index contributed by atoms with van der Waals surface area (Å²) in [5, 5.41) is 16.3. The van der Waals surface area contributed by atoms with Gasteiger partial charge in [0.2, 0.25) is 5.91 Å². The third kappa shape index (κ3) is 4.74. The van der Waals surface area contributed by atoms with Crippen LogP contribution in [0, 0.1) is 11.3 Å². The topological polar surface area (TPSA) is 87.0 Å². The molecule has 0 spiro atoms. The molecule has 1 amide bonds. The second kappa shape index (κ2) is 9.13. The van der Waals surface area contributed by atoms with E-state index in [0.29, 0.717) is 29.1 Å². The van der Waals surface area contributed by atoms with Gasteiger partial charge in [0.1, 0.15) is 6.07 Å². The average Bonchev–Trinajstić information content (AvgIpc) is 2.68. The largest absolute Gasteiger partial charge is 0.381 e. The highest BCUT2D eigenvalue weighted by Gasteiger charge is 2.11. The molecule has 6 nitrogen and oxygen atoms in total. The van der Waals surface area contributed by atoms with E-state index in [1.54, 1.807) is 31.4 Å². The van der Waals surface area contributed by atoms with E-state index in [-0.39, 0.29) is 5.91 Å². The van der Waals surface area contributed by atoms with E-state index < -0.39 is 0 Å². The number of rotatable bonds is 6. The fourth-order valence-corrected chi connectivity index (χ4v) is 3.03. The van der Waals surface area contributed by atoms with Gasteiger partial charge in [-0.15, -0.1) is 0 Å². The van der Waals surface area contributed by atoms with Crippen LogP contribution in [0.3, 0.4) is 0 Å². The minimum atomic E-state index is -0.262. The number of pyridine rings is 1. The molecule has 0 aliphatic rings. The molecule has 1 heterocycles. The first-order valence-electron chi connectivity index (χ1n) is 8.42. The van der Waals surface area contributed by atoms with Crippen LogP contribution in [0.5, 0.6) is 0 Å². The number of halogens is 1. The number of nitrogens with zero attached hydrogens (tertiary/aromatic N) is 2. The molecule has 140 valence electrons. The summed E-state index contributed by atoms with van der Waals surface area (Å²) in [5.74, 6) is -0.262. The van der Waals surface area contributed by atoms with Crippen LogP contribution in [0.1, 0.15) is 5.56 Å². The summed E-state index contributed by atoms with van der Waals surface area (Å²) in [7, 11) is 1.56. The molecule has 7 heteroatoms. The zero-order valence-corrected chi connectivity index (χ0v) is 16.7. The number of ether oxygens (including phenoxy) is 1. The van der Waals surface area contributed by atoms with Gasteiger partial charge in [-0.25, -0.2) is 0 Å². The molecule has 0 bridgehead atoms. The average molecular weight is 437 g/mol. The maximum Gasteiger partial charge on any atom is 0.248 e. The standard InChI is InChI=1S/C21H17BrN4O2/c1-28-9-3-6-20(27)25-17-7-8-19-18(11-17)21(14(12-23)13-24-19)26-16-5-2-4-15(22)10-16/h2-8,10-11,13H,9H2,1H3,(H,24,26)(H,25,27). The minimum absolute atomic E-state index is 0.262. The molecule has 3 aromatic rings. The lowest BCUT2D eigenvalue weighted by Crippen LogP contribution is -2.08. The lowest BCUT2D eigenvalue weighted by molar-refractivity contribution is -0.111. The lowest BCUT2D eigenvalue weighted by atomic mass is 10.1. The van der Waals surface area contributed by atoms with Crippen LogP contribution in [-0.4, -0.2) is 24.6 Å². The first-order valence-corrected chi connectivity index (χ1v) is 9.22. The van der Waals surface area contributed by atoms with Crippen LogP contribution in [0.2, 0.25) is 0 Å². The summed E-state index contributed by atoms with van der Waals surface area (Å²) in [5.41, 5.74) is 3.20. The Labute approximate surface area is 171 Å². The Hall–Kier alpha value is -3.21. The summed E-state index contributed by atoms with van der Waals surface area (Å²) in [6, 6.07) is 15.2. The molecule has 2 N–H and O–H groups in total. The molecule has 0 saturated heterocycles. The first-order chi connectivity index (χ1) is 13.6. The van der Waals surface area contributed by atoms with Crippen LogP contribution in [0.4, 0.5) is 17.1 Å². The number of nitrogens with one attached hydrogen (secondary N) is 2. The first kappa shape index (κ1) is 19.5. The van der Waals surface area contributed by atoms with Crippen LogP contribution in [0.25, 0.3) is 10.9 Å². The molecule has 0 aliphatic carbocycles. The van der Waals surface area contributed by atoms with Crippen LogP contribution >= 0.6 is 15.9 Å². The fraction of sp³-hybridized carbons (Fsp3) is 0.0952. The van der Waals surface area contributed by atoms with Crippen LogP contribution < -0.4 is 10.6 Å². The van der Waals surface area contributed by atoms with Gasteiger partial charge in [0.05, 0.1) is 23.4 Å². The summed E-state index contributed by atoms with van der Waals surface area (Å²) in [4.78, 5) is 16.4. The number of nitriles is 1. The van der Waals surface area contributed by atoms with Crippen molar-refractivity contribution in [3.63, 3.8) is 0 Å². The van der Waals surface area contributed by atoms with E-state index in [1.807, 2.05) is 24.3 Å². The second-order valence-electron chi connectivity index (χ2n) is 5.87. The van der Waals surface area contributed by atoms with Crippen molar-refractivity contribution in [2.24, 2.45) is 0 Å². The summed E-state index contributed by atoms with van der Waals surface area (Å²) in [6.07, 6.45) is 4.58. The Morgan fingerprint density at radius 2 is 2.14 bits per heavy atom. The number of carbonyl (C=O) groups excluding carboxylic acids is 1. The van der Waals surface area contributed by atoms with Gasteiger partial charge in [-0.1, -0.05) is 28.1 Å². The van der Waals surface area contributed by atoms with E-state index in [4.69, 9.17) is 4.74 Å². The predicted molar refractivity (Wildman–Crippen MR) is 114 cm³/mol. The Morgan fingerprint density at radius 1 is 1.29 bits per heavy atom. The summed E-state index contributed by atoms with van der Waals surface area (Å²) < 4.78 is 5.81.